The first-order valence-corrected chi connectivity index (χ1v) is 26.5. The Morgan fingerprint density at radius 1 is 0.657 bits per heavy atom. The fourth-order valence-electron chi connectivity index (χ4n) is 16.0. The molecule has 5 aliphatic carbocycles. The monoisotopic (exact) mass is 1020 g/mol. The van der Waals surface area contributed by atoms with Crippen molar-refractivity contribution < 1.29 is 101 Å². The third kappa shape index (κ3) is 7.98. The van der Waals surface area contributed by atoms with E-state index in [4.69, 9.17) is 33.2 Å². The summed E-state index contributed by atoms with van der Waals surface area (Å²) >= 11 is 0. The van der Waals surface area contributed by atoms with Gasteiger partial charge in [-0.2, -0.15) is 8.42 Å². The first-order chi connectivity index (χ1) is 32.6. The number of aliphatic hydroxyl groups excluding tert-OH is 10. The zero-order chi connectivity index (χ0) is 51.1. The van der Waals surface area contributed by atoms with Crippen molar-refractivity contribution in [2.24, 2.45) is 50.2 Å². The lowest BCUT2D eigenvalue weighted by Gasteiger charge is -2.73. The minimum Gasteiger partial charge on any atom is -0.396 e. The summed E-state index contributed by atoms with van der Waals surface area (Å²) in [5.74, 6) is 0.0265. The zero-order valence-electron chi connectivity index (χ0n) is 41.1. The predicted molar refractivity (Wildman–Crippen MR) is 240 cm³/mol. The van der Waals surface area contributed by atoms with Crippen molar-refractivity contribution in [3.63, 3.8) is 0 Å². The average molecular weight is 1020 g/mol. The predicted octanol–water partition coefficient (Wildman–Crippen LogP) is -0.572. The SMILES string of the molecule is C[C@@H]1O[C@@H](O[C@H]2CC[C@@]3(C)[C@@H](CC[C@]4(C)[C@@H]3C=C[C@]35OC[C@@]6(CCC(C)(C)C[C@H]63)[C@@H](O)C[C@]54C)[C@]2(C)CO)[C@H](O[C@@H]2O[C@H](CO)[C@@H](OS(=O)(=O)O)[C@H](O)[C@H]2O)[C@@H](O[C@@H]2O[C@H](CO)[C@@H](O)[C@H](O)[C@H]2O)[C@@H]1O. The van der Waals surface area contributed by atoms with Crippen molar-refractivity contribution in [1.29, 1.82) is 0 Å². The van der Waals surface area contributed by atoms with E-state index < -0.39 is 150 Å². The minimum absolute atomic E-state index is 0.0136. The van der Waals surface area contributed by atoms with Gasteiger partial charge in [0.15, 0.2) is 18.9 Å². The van der Waals surface area contributed by atoms with Crippen LogP contribution in [-0.2, 0) is 47.7 Å². The van der Waals surface area contributed by atoms with Gasteiger partial charge in [0.1, 0.15) is 67.1 Å². The Balaban J connectivity index is 1.03. The van der Waals surface area contributed by atoms with Gasteiger partial charge in [0, 0.05) is 22.2 Å². The van der Waals surface area contributed by atoms with Crippen LogP contribution in [0.5, 0.6) is 0 Å². The maximum atomic E-state index is 12.3. The first-order valence-electron chi connectivity index (χ1n) is 25.1. The molecule has 22 heteroatoms. The van der Waals surface area contributed by atoms with Crippen LogP contribution >= 0.6 is 0 Å². The molecule has 9 aliphatic rings. The van der Waals surface area contributed by atoms with Gasteiger partial charge in [-0.3, -0.25) is 4.55 Å². The van der Waals surface area contributed by atoms with E-state index in [1.54, 1.807) is 0 Å². The van der Waals surface area contributed by atoms with Crippen LogP contribution < -0.4 is 0 Å². The van der Waals surface area contributed by atoms with E-state index in [2.05, 4.69) is 51.0 Å². The van der Waals surface area contributed by atoms with E-state index in [9.17, 15) is 64.0 Å². The molecule has 0 radical (unpaired) electrons. The molecule has 4 saturated carbocycles. The summed E-state index contributed by atoms with van der Waals surface area (Å²) in [5.41, 5.74) is -2.82. The lowest BCUT2D eigenvalue weighted by atomic mass is 9.32. The molecule has 4 heterocycles. The van der Waals surface area contributed by atoms with E-state index in [-0.39, 0.29) is 40.6 Å². The number of aliphatic hydroxyl groups is 10. The van der Waals surface area contributed by atoms with E-state index in [1.165, 1.54) is 6.92 Å². The second kappa shape index (κ2) is 18.3. The highest BCUT2D eigenvalue weighted by Crippen LogP contribution is 2.79. The molecule has 8 fully saturated rings. The Morgan fingerprint density at radius 2 is 1.30 bits per heavy atom. The van der Waals surface area contributed by atoms with Crippen LogP contribution in [-0.4, -0.2) is 200 Å². The topological polar surface area (TPSA) is 331 Å². The van der Waals surface area contributed by atoms with Gasteiger partial charge in [-0.15, -0.1) is 0 Å². The average Bonchev–Trinajstić information content (AvgIpc) is 3.57. The second-order valence-electron chi connectivity index (χ2n) is 24.3. The number of hydrogen-bond donors (Lipinski definition) is 11. The molecule has 0 amide bonds. The summed E-state index contributed by atoms with van der Waals surface area (Å²) < 4.78 is 81.5. The van der Waals surface area contributed by atoms with Crippen LogP contribution in [0.3, 0.4) is 0 Å². The lowest BCUT2D eigenvalue weighted by Crippen LogP contribution is -2.72. The molecule has 26 atom stereocenters. The van der Waals surface area contributed by atoms with Crippen molar-refractivity contribution in [3.05, 3.63) is 12.2 Å². The van der Waals surface area contributed by atoms with Gasteiger partial charge < -0.3 is 84.2 Å². The number of hydrogen-bond acceptors (Lipinski definition) is 20. The van der Waals surface area contributed by atoms with Gasteiger partial charge in [0.05, 0.1) is 50.3 Å². The Kier molecular flexibility index (Phi) is 14.1. The summed E-state index contributed by atoms with van der Waals surface area (Å²) in [4.78, 5) is 0. The van der Waals surface area contributed by atoms with Crippen LogP contribution in [0.2, 0.25) is 0 Å². The number of rotatable bonds is 11. The molecule has 1 spiro atoms. The van der Waals surface area contributed by atoms with Gasteiger partial charge >= 0.3 is 10.4 Å². The van der Waals surface area contributed by atoms with Crippen LogP contribution in [0.1, 0.15) is 99.8 Å². The Labute approximate surface area is 409 Å². The molecule has 0 aromatic rings. The standard InChI is InChI=1S/C48H78O21S/c1-22-30(53)37(67-39-34(57)32(55)31(54)23(18-49)64-39)38(68-40-35(58)33(56)36(24(19-50)65-40)69-70(59,60)61)41(63-22)66-29-10-11-43(4)25(44(29,5)20-51)8-12-45(6)26(43)9-13-48-27-16-42(2,3)14-15-47(27,21-62-48)28(52)17-46(45,48)7/h9,13,22-41,49-58H,8,10-12,14-21H2,1-7H3,(H,59,60,61)/t22-,23+,24+,25+,26+,27+,28-,29-,30+,31+,32-,33+,34+,35+,36+,37-,38+,39-,40-,41-,43-,44-,45+,46-,47+,48-/m0/s1. The largest absolute Gasteiger partial charge is 0.397 e. The molecular weight excluding hydrogens is 945 g/mol. The van der Waals surface area contributed by atoms with E-state index in [0.717, 1.165) is 25.7 Å². The van der Waals surface area contributed by atoms with Gasteiger partial charge in [0.25, 0.3) is 0 Å². The van der Waals surface area contributed by atoms with Gasteiger partial charge in [-0.1, -0.05) is 53.7 Å². The molecule has 0 unspecified atom stereocenters. The molecule has 11 N–H and O–H groups in total. The molecule has 4 aliphatic heterocycles. The lowest BCUT2D eigenvalue weighted by molar-refractivity contribution is -0.397. The molecule has 70 heavy (non-hydrogen) atoms. The van der Waals surface area contributed by atoms with Gasteiger partial charge in [-0.05, 0) is 86.4 Å². The van der Waals surface area contributed by atoms with Gasteiger partial charge in [-0.25, -0.2) is 4.18 Å². The summed E-state index contributed by atoms with van der Waals surface area (Å²) in [7, 11) is -5.24. The molecule has 9 rings (SSSR count). The number of allylic oxidation sites excluding steroid dienone is 1. The maximum absolute atomic E-state index is 12.3. The van der Waals surface area contributed by atoms with Crippen molar-refractivity contribution >= 4 is 10.4 Å². The second-order valence-corrected chi connectivity index (χ2v) is 25.3. The molecule has 2 bridgehead atoms. The van der Waals surface area contributed by atoms with E-state index >= 15 is 0 Å². The fourth-order valence-corrected chi connectivity index (χ4v) is 16.5. The molecular formula is C48H78O21S. The molecule has 402 valence electrons. The van der Waals surface area contributed by atoms with Crippen molar-refractivity contribution in [3.8, 4) is 0 Å². The summed E-state index contributed by atoms with van der Waals surface area (Å²) in [6, 6.07) is 0. The highest BCUT2D eigenvalue weighted by Gasteiger charge is 2.79. The first kappa shape index (κ1) is 53.7. The Morgan fingerprint density at radius 3 is 1.94 bits per heavy atom. The van der Waals surface area contributed by atoms with Crippen LogP contribution in [0, 0.1) is 50.2 Å². The molecule has 4 saturated heterocycles. The highest BCUT2D eigenvalue weighted by atomic mass is 32.3. The summed E-state index contributed by atoms with van der Waals surface area (Å²) in [6.45, 7) is 13.5. The van der Waals surface area contributed by atoms with Crippen LogP contribution in [0.4, 0.5) is 0 Å². The number of ether oxygens (including phenoxy) is 7. The Hall–Kier alpha value is -1.07. The van der Waals surface area contributed by atoms with Crippen LogP contribution in [0.15, 0.2) is 12.2 Å². The normalized spacial score (nSPS) is 56.3. The van der Waals surface area contributed by atoms with Crippen molar-refractivity contribution in [2.75, 3.05) is 26.4 Å². The van der Waals surface area contributed by atoms with E-state index in [0.29, 0.717) is 32.3 Å². The summed E-state index contributed by atoms with van der Waals surface area (Å²) in [5, 5.41) is 110. The fraction of sp³-hybridized carbons (Fsp3) is 0.958. The summed E-state index contributed by atoms with van der Waals surface area (Å²) in [6.07, 6.45) is -17.1. The van der Waals surface area contributed by atoms with Crippen LogP contribution in [0.25, 0.3) is 0 Å². The van der Waals surface area contributed by atoms with Crippen molar-refractivity contribution in [2.45, 2.75) is 210 Å². The maximum Gasteiger partial charge on any atom is 0.397 e. The third-order valence-corrected chi connectivity index (χ3v) is 20.7. The third-order valence-electron chi connectivity index (χ3n) is 20.2. The highest BCUT2D eigenvalue weighted by molar-refractivity contribution is 7.80. The zero-order valence-corrected chi connectivity index (χ0v) is 41.9. The number of fused-ring (bicyclic) bond motifs is 4. The van der Waals surface area contributed by atoms with E-state index in [1.807, 2.05) is 6.92 Å². The van der Waals surface area contributed by atoms with Crippen molar-refractivity contribution in [1.82, 2.24) is 0 Å². The van der Waals surface area contributed by atoms with Gasteiger partial charge in [0.2, 0.25) is 0 Å². The molecule has 21 nitrogen and oxygen atoms in total. The molecule has 0 aromatic heterocycles. The minimum atomic E-state index is -5.24. The quantitative estimate of drug-likeness (QED) is 0.0701. The Bertz CT molecular complexity index is 2060. The smallest absolute Gasteiger partial charge is 0.396 e. The molecule has 0 aromatic carbocycles.